The minimum absolute atomic E-state index is 0.181. The van der Waals surface area contributed by atoms with Crippen molar-refractivity contribution in [1.82, 2.24) is 15.5 Å². The van der Waals surface area contributed by atoms with Crippen LogP contribution in [0.25, 0.3) is 0 Å². The van der Waals surface area contributed by atoms with Crippen molar-refractivity contribution < 1.29 is 22.4 Å². The van der Waals surface area contributed by atoms with Gasteiger partial charge in [0, 0.05) is 25.7 Å². The summed E-state index contributed by atoms with van der Waals surface area (Å²) in [5.74, 6) is -0.326. The van der Waals surface area contributed by atoms with E-state index in [9.17, 15) is 22.4 Å². The summed E-state index contributed by atoms with van der Waals surface area (Å²) in [6.07, 6.45) is -3.39. The average Bonchev–Trinajstić information content (AvgIpc) is 2.85. The number of halogens is 4. The first kappa shape index (κ1) is 17.5. The number of rotatable bonds is 5. The number of carbonyl (C=O) groups is 1. The number of likely N-dealkylation sites (tertiary alicyclic amines) is 1. The fourth-order valence-corrected chi connectivity index (χ4v) is 2.60. The molecule has 2 N–H and O–H groups in total. The van der Waals surface area contributed by atoms with Crippen molar-refractivity contribution in [2.75, 3.05) is 26.2 Å². The topological polar surface area (TPSA) is 44.4 Å². The molecule has 1 heterocycles. The van der Waals surface area contributed by atoms with Gasteiger partial charge in [0.1, 0.15) is 5.82 Å². The van der Waals surface area contributed by atoms with Crippen molar-refractivity contribution in [3.63, 3.8) is 0 Å². The van der Waals surface area contributed by atoms with E-state index in [1.54, 1.807) is 18.2 Å². The Morgan fingerprint density at radius 2 is 2.04 bits per heavy atom. The van der Waals surface area contributed by atoms with Crippen LogP contribution in [0.15, 0.2) is 24.3 Å². The Balaban J connectivity index is 1.67. The summed E-state index contributed by atoms with van der Waals surface area (Å²) >= 11 is 0. The number of hydrogen-bond donors (Lipinski definition) is 2. The molecule has 4 nitrogen and oxygen atoms in total. The molecule has 8 heteroatoms. The van der Waals surface area contributed by atoms with Gasteiger partial charge < -0.3 is 10.6 Å². The minimum atomic E-state index is -4.23. The summed E-state index contributed by atoms with van der Waals surface area (Å²) in [6, 6.07) is 5.55. The third kappa shape index (κ3) is 6.05. The molecule has 23 heavy (non-hydrogen) atoms. The highest BCUT2D eigenvalue weighted by atomic mass is 19.4. The van der Waals surface area contributed by atoms with E-state index in [-0.39, 0.29) is 24.9 Å². The largest absolute Gasteiger partial charge is 0.401 e. The summed E-state index contributed by atoms with van der Waals surface area (Å²) in [4.78, 5) is 13.0. The minimum Gasteiger partial charge on any atom is -0.338 e. The molecule has 128 valence electrons. The molecular weight excluding hydrogens is 314 g/mol. The molecule has 1 saturated heterocycles. The Hall–Kier alpha value is -1.83. The van der Waals surface area contributed by atoms with Gasteiger partial charge in [-0.25, -0.2) is 9.18 Å². The maximum atomic E-state index is 13.4. The molecule has 0 radical (unpaired) electrons. The van der Waals surface area contributed by atoms with E-state index in [0.29, 0.717) is 24.9 Å². The van der Waals surface area contributed by atoms with Crippen LogP contribution in [0.5, 0.6) is 0 Å². The van der Waals surface area contributed by atoms with Crippen LogP contribution in [0.2, 0.25) is 0 Å². The third-order valence-corrected chi connectivity index (χ3v) is 3.65. The number of nitrogens with zero attached hydrogens (tertiary/aromatic N) is 1. The normalized spacial score (nSPS) is 18.9. The zero-order valence-electron chi connectivity index (χ0n) is 12.5. The highest BCUT2D eigenvalue weighted by molar-refractivity contribution is 5.74. The van der Waals surface area contributed by atoms with E-state index in [0.717, 1.165) is 0 Å². The molecule has 1 fully saturated rings. The summed E-state index contributed by atoms with van der Waals surface area (Å²) < 4.78 is 50.3. The molecule has 1 aliphatic rings. The Bertz CT molecular complexity index is 536. The lowest BCUT2D eigenvalue weighted by Crippen LogP contribution is -2.44. The number of benzene rings is 1. The Kier molecular flexibility index (Phi) is 5.81. The Morgan fingerprint density at radius 1 is 1.30 bits per heavy atom. The van der Waals surface area contributed by atoms with Gasteiger partial charge in [-0.15, -0.1) is 0 Å². The Morgan fingerprint density at radius 3 is 2.74 bits per heavy atom. The van der Waals surface area contributed by atoms with E-state index in [2.05, 4.69) is 10.6 Å². The molecule has 2 amide bonds. The molecule has 2 rings (SSSR count). The average molecular weight is 333 g/mol. The van der Waals surface area contributed by atoms with Crippen LogP contribution in [-0.2, 0) is 6.42 Å². The van der Waals surface area contributed by atoms with Crippen molar-refractivity contribution in [1.29, 1.82) is 0 Å². The van der Waals surface area contributed by atoms with Crippen LogP contribution in [0, 0.1) is 5.82 Å². The first-order valence-corrected chi connectivity index (χ1v) is 7.40. The second kappa shape index (κ2) is 7.63. The number of hydrogen-bond acceptors (Lipinski definition) is 2. The van der Waals surface area contributed by atoms with Gasteiger partial charge in [-0.1, -0.05) is 18.2 Å². The van der Waals surface area contributed by atoms with Gasteiger partial charge in [0.15, 0.2) is 0 Å². The summed E-state index contributed by atoms with van der Waals surface area (Å²) in [5.41, 5.74) is 0.505. The van der Waals surface area contributed by atoms with E-state index < -0.39 is 18.8 Å². The molecule has 0 bridgehead atoms. The third-order valence-electron chi connectivity index (χ3n) is 3.65. The monoisotopic (exact) mass is 333 g/mol. The van der Waals surface area contributed by atoms with Crippen LogP contribution in [0.4, 0.5) is 22.4 Å². The highest BCUT2D eigenvalue weighted by Gasteiger charge is 2.34. The number of carbonyl (C=O) groups excluding carboxylic acids is 1. The molecule has 1 atom stereocenters. The molecule has 0 spiro atoms. The van der Waals surface area contributed by atoms with Crippen LogP contribution in [0.1, 0.15) is 12.0 Å². The van der Waals surface area contributed by atoms with Gasteiger partial charge in [0.2, 0.25) is 0 Å². The van der Waals surface area contributed by atoms with Crippen molar-refractivity contribution in [2.45, 2.75) is 25.1 Å². The molecular formula is C15H19F4N3O. The van der Waals surface area contributed by atoms with Crippen LogP contribution < -0.4 is 10.6 Å². The molecule has 1 unspecified atom stereocenters. The Labute approximate surface area is 131 Å². The smallest absolute Gasteiger partial charge is 0.338 e. The van der Waals surface area contributed by atoms with Gasteiger partial charge in [0.05, 0.1) is 6.54 Å². The second-order valence-electron chi connectivity index (χ2n) is 5.58. The molecule has 1 aromatic carbocycles. The van der Waals surface area contributed by atoms with Gasteiger partial charge in [0.25, 0.3) is 0 Å². The van der Waals surface area contributed by atoms with Crippen LogP contribution in [-0.4, -0.2) is 49.3 Å². The zero-order chi connectivity index (χ0) is 16.9. The fraction of sp³-hybridized carbons (Fsp3) is 0.533. The summed E-state index contributed by atoms with van der Waals surface area (Å²) in [7, 11) is 0. The number of nitrogens with one attached hydrogen (secondary N) is 2. The van der Waals surface area contributed by atoms with Crippen LogP contribution >= 0.6 is 0 Å². The SMILES string of the molecule is O=C(NCCc1ccccc1F)NC1CCN(CC(F)(F)F)C1. The van der Waals surface area contributed by atoms with Gasteiger partial charge >= 0.3 is 12.2 Å². The number of amides is 2. The lowest BCUT2D eigenvalue weighted by Gasteiger charge is -2.18. The van der Waals surface area contributed by atoms with E-state index in [1.807, 2.05) is 0 Å². The van der Waals surface area contributed by atoms with Crippen molar-refractivity contribution in [2.24, 2.45) is 0 Å². The van der Waals surface area contributed by atoms with Crippen molar-refractivity contribution in [3.8, 4) is 0 Å². The van der Waals surface area contributed by atoms with Gasteiger partial charge in [-0.05, 0) is 24.5 Å². The first-order chi connectivity index (χ1) is 10.8. The molecule has 1 aromatic rings. The number of urea groups is 1. The molecule has 0 aromatic heterocycles. The molecule has 0 saturated carbocycles. The van der Waals surface area contributed by atoms with Crippen molar-refractivity contribution in [3.05, 3.63) is 35.6 Å². The van der Waals surface area contributed by atoms with Crippen molar-refractivity contribution >= 4 is 6.03 Å². The fourth-order valence-electron chi connectivity index (χ4n) is 2.60. The first-order valence-electron chi connectivity index (χ1n) is 7.40. The predicted octanol–water partition coefficient (Wildman–Crippen LogP) is 2.30. The second-order valence-corrected chi connectivity index (χ2v) is 5.58. The quantitative estimate of drug-likeness (QED) is 0.812. The zero-order valence-corrected chi connectivity index (χ0v) is 12.5. The summed E-state index contributed by atoms with van der Waals surface area (Å²) in [6.45, 7) is -0.217. The highest BCUT2D eigenvalue weighted by Crippen LogP contribution is 2.19. The maximum absolute atomic E-state index is 13.4. The number of alkyl halides is 3. The van der Waals surface area contributed by atoms with Gasteiger partial charge in [-0.2, -0.15) is 13.2 Å². The molecule has 0 aliphatic carbocycles. The molecule has 1 aliphatic heterocycles. The lowest BCUT2D eigenvalue weighted by atomic mass is 10.1. The van der Waals surface area contributed by atoms with E-state index in [1.165, 1.54) is 11.0 Å². The summed E-state index contributed by atoms with van der Waals surface area (Å²) in [5, 5.41) is 5.23. The predicted molar refractivity (Wildman–Crippen MR) is 77.5 cm³/mol. The van der Waals surface area contributed by atoms with Gasteiger partial charge in [-0.3, -0.25) is 4.90 Å². The van der Waals surface area contributed by atoms with E-state index >= 15 is 0 Å². The van der Waals surface area contributed by atoms with E-state index in [4.69, 9.17) is 0 Å². The lowest BCUT2D eigenvalue weighted by molar-refractivity contribution is -0.143. The maximum Gasteiger partial charge on any atom is 0.401 e. The standard InChI is InChI=1S/C15H19F4N3O/c16-13-4-2-1-3-11(13)5-7-20-14(23)21-12-6-8-22(9-12)10-15(17,18)19/h1-4,12H,5-10H2,(H2,20,21,23). The van der Waals surface area contributed by atoms with Crippen LogP contribution in [0.3, 0.4) is 0 Å².